The maximum atomic E-state index is 12.9. The molecule has 2 aromatic carbocycles. The largest absolute Gasteiger partial charge is 0.512 e. The molecule has 118 valence electrons. The second kappa shape index (κ2) is 5.42. The van der Waals surface area contributed by atoms with Crippen LogP contribution in [0.25, 0.3) is 11.0 Å². The number of rotatable bonds is 3. The lowest BCUT2D eigenvalue weighted by Crippen LogP contribution is -2.47. The van der Waals surface area contributed by atoms with Gasteiger partial charge in [0, 0.05) is 12.1 Å². The summed E-state index contributed by atoms with van der Waals surface area (Å²) in [4.78, 5) is 29.9. The predicted molar refractivity (Wildman–Crippen MR) is 85.9 cm³/mol. The van der Waals surface area contributed by atoms with E-state index in [1.807, 2.05) is 25.1 Å². The number of imide groups is 1. The number of nitrogens with one attached hydrogen (secondary N) is 1. The van der Waals surface area contributed by atoms with Gasteiger partial charge < -0.3 is 4.74 Å². The lowest BCUT2D eigenvalue weighted by Gasteiger charge is -2.07. The summed E-state index contributed by atoms with van der Waals surface area (Å²) < 4.78 is 6.89. The highest BCUT2D eigenvalue weighted by molar-refractivity contribution is 6.21. The zero-order chi connectivity index (χ0) is 16.7. The third-order valence-corrected chi connectivity index (χ3v) is 3.94. The van der Waals surface area contributed by atoms with Crippen LogP contribution in [0.4, 0.5) is 10.5 Å². The monoisotopic (exact) mass is 321 g/mol. The average Bonchev–Trinajstić information content (AvgIpc) is 2.86. The summed E-state index contributed by atoms with van der Waals surface area (Å²) in [6, 6.07) is 13.9. The molecule has 1 aromatic heterocycles. The number of hydrogen-bond donors (Lipinski definition) is 0. The first-order chi connectivity index (χ1) is 11.7. The van der Waals surface area contributed by atoms with Crippen LogP contribution in [0.15, 0.2) is 54.7 Å². The van der Waals surface area contributed by atoms with E-state index in [1.54, 1.807) is 36.5 Å². The van der Waals surface area contributed by atoms with E-state index in [1.165, 1.54) is 4.57 Å². The summed E-state index contributed by atoms with van der Waals surface area (Å²) in [5, 5.41) is 0. The lowest BCUT2D eigenvalue weighted by atomic mass is 10.2. The molecule has 2 heterocycles. The third-order valence-electron chi connectivity index (χ3n) is 3.94. The molecule has 0 saturated heterocycles. The summed E-state index contributed by atoms with van der Waals surface area (Å²) in [5.41, 5.74) is 2.24. The van der Waals surface area contributed by atoms with Gasteiger partial charge in [0.1, 0.15) is 11.4 Å². The van der Waals surface area contributed by atoms with Crippen molar-refractivity contribution in [1.29, 1.82) is 0 Å². The van der Waals surface area contributed by atoms with Gasteiger partial charge in [-0.1, -0.05) is 18.2 Å². The molecule has 3 aromatic rings. The van der Waals surface area contributed by atoms with Crippen LogP contribution in [0.1, 0.15) is 17.4 Å². The number of para-hydroxylation sites is 2. The van der Waals surface area contributed by atoms with Gasteiger partial charge in [0.2, 0.25) is 11.7 Å². The number of aromatic nitrogens is 2. The first-order valence-corrected chi connectivity index (χ1v) is 7.68. The van der Waals surface area contributed by atoms with Gasteiger partial charge in [-0.2, -0.15) is 4.79 Å². The van der Waals surface area contributed by atoms with Gasteiger partial charge in [0.05, 0.1) is 6.61 Å². The number of aromatic amines is 1. The zero-order valence-electron chi connectivity index (χ0n) is 13.0. The van der Waals surface area contributed by atoms with Crippen LogP contribution in [-0.2, 0) is 0 Å². The van der Waals surface area contributed by atoms with Crippen molar-refractivity contribution >= 4 is 28.7 Å². The van der Waals surface area contributed by atoms with Gasteiger partial charge in [0.15, 0.2) is 0 Å². The van der Waals surface area contributed by atoms with E-state index < -0.39 is 6.03 Å². The van der Waals surface area contributed by atoms with Gasteiger partial charge in [-0.25, -0.2) is 9.78 Å². The second-order valence-electron chi connectivity index (χ2n) is 5.38. The van der Waals surface area contributed by atoms with Crippen molar-refractivity contribution in [3.8, 4) is 5.75 Å². The number of amides is 2. The van der Waals surface area contributed by atoms with Crippen molar-refractivity contribution in [2.24, 2.45) is 0 Å². The molecule has 2 amide bonds. The van der Waals surface area contributed by atoms with Crippen molar-refractivity contribution < 1.29 is 23.9 Å². The van der Waals surface area contributed by atoms with E-state index in [-0.39, 0.29) is 5.91 Å². The van der Waals surface area contributed by atoms with E-state index in [2.05, 4.69) is 4.98 Å². The van der Waals surface area contributed by atoms with Gasteiger partial charge in [-0.15, -0.1) is 9.47 Å². The molecule has 0 bridgehead atoms. The second-order valence-corrected chi connectivity index (χ2v) is 5.38. The standard InChI is InChI=1S/C18H14N3O3/c1-2-24-13-7-5-6-12(10-13)20-17(22)16-11-19-14-8-3-4-9-15(14)21(16)18(20)23/h3-11H,2H2,1H3/q+1/p+1. The van der Waals surface area contributed by atoms with E-state index in [0.717, 1.165) is 10.4 Å². The number of ether oxygens (including phenoxy) is 1. The minimum absolute atomic E-state index is 0.306. The minimum Gasteiger partial charge on any atom is -0.494 e. The number of H-pyrrole nitrogens is 1. The van der Waals surface area contributed by atoms with Crippen molar-refractivity contribution in [2.75, 3.05) is 11.5 Å². The summed E-state index contributed by atoms with van der Waals surface area (Å²) >= 11 is 0. The number of carbonyl (C=O) groups excluding carboxylic acids is 2. The topological polar surface area (TPSA) is 64.6 Å². The van der Waals surface area contributed by atoms with Crippen molar-refractivity contribution in [3.05, 3.63) is 60.4 Å². The molecule has 6 heteroatoms. The maximum absolute atomic E-state index is 12.9. The van der Waals surface area contributed by atoms with Crippen LogP contribution in [0.5, 0.6) is 5.75 Å². The van der Waals surface area contributed by atoms with E-state index in [9.17, 15) is 9.59 Å². The fourth-order valence-electron chi connectivity index (χ4n) is 2.90. The highest BCUT2D eigenvalue weighted by Crippen LogP contribution is 2.25. The van der Waals surface area contributed by atoms with E-state index in [0.29, 0.717) is 29.3 Å². The Morgan fingerprint density at radius 3 is 2.79 bits per heavy atom. The van der Waals surface area contributed by atoms with Crippen molar-refractivity contribution in [2.45, 2.75) is 6.92 Å². The molecule has 0 unspecified atom stereocenters. The Bertz CT molecular complexity index is 984. The fourth-order valence-corrected chi connectivity index (χ4v) is 2.90. The molecule has 1 aliphatic heterocycles. The third kappa shape index (κ3) is 2.04. The molecule has 6 nitrogen and oxygen atoms in total. The van der Waals surface area contributed by atoms with Gasteiger partial charge >= 0.3 is 11.9 Å². The minimum atomic E-state index is -0.395. The molecule has 1 aliphatic rings. The summed E-state index contributed by atoms with van der Waals surface area (Å²) in [6.07, 6.45) is 1.56. The number of carbonyl (C=O) groups is 2. The predicted octanol–water partition coefficient (Wildman–Crippen LogP) is 1.97. The molecular weight excluding hydrogens is 306 g/mol. The molecule has 24 heavy (non-hydrogen) atoms. The number of anilines is 1. The van der Waals surface area contributed by atoms with Crippen molar-refractivity contribution in [3.63, 3.8) is 0 Å². The fraction of sp³-hybridized carbons (Fsp3) is 0.111. The van der Waals surface area contributed by atoms with E-state index >= 15 is 0 Å². The van der Waals surface area contributed by atoms with Crippen LogP contribution in [0.3, 0.4) is 0 Å². The highest BCUT2D eigenvalue weighted by atomic mass is 16.5. The Morgan fingerprint density at radius 2 is 1.96 bits per heavy atom. The normalized spacial score (nSPS) is 13.5. The molecule has 0 aliphatic carbocycles. The van der Waals surface area contributed by atoms with Gasteiger partial charge in [-0.05, 0) is 25.1 Å². The summed E-state index contributed by atoms with van der Waals surface area (Å²) in [6.45, 7) is 2.40. The number of benzene rings is 2. The lowest BCUT2D eigenvalue weighted by molar-refractivity contribution is -0.551. The quantitative estimate of drug-likeness (QED) is 0.693. The first kappa shape index (κ1) is 14.3. The maximum Gasteiger partial charge on any atom is 0.512 e. The van der Waals surface area contributed by atoms with E-state index in [4.69, 9.17) is 4.74 Å². The molecule has 0 atom stereocenters. The molecular formula is C18H15N3O3+2. The zero-order valence-corrected chi connectivity index (χ0v) is 13.0. The molecule has 0 saturated carbocycles. The smallest absolute Gasteiger partial charge is 0.494 e. The van der Waals surface area contributed by atoms with Crippen LogP contribution >= 0.6 is 0 Å². The Hall–Kier alpha value is -3.28. The first-order valence-electron chi connectivity index (χ1n) is 7.68. The van der Waals surface area contributed by atoms with Gasteiger partial charge in [-0.3, -0.25) is 0 Å². The van der Waals surface area contributed by atoms with Crippen LogP contribution in [0, 0.1) is 0 Å². The summed E-state index contributed by atoms with van der Waals surface area (Å²) in [7, 11) is 0. The number of hydrogen-bond acceptors (Lipinski definition) is 3. The Balaban J connectivity index is 1.85. The molecule has 4 rings (SSSR count). The van der Waals surface area contributed by atoms with Crippen LogP contribution in [0.2, 0.25) is 0 Å². The molecule has 0 radical (unpaired) electrons. The highest BCUT2D eigenvalue weighted by Gasteiger charge is 2.49. The molecule has 0 fully saturated rings. The average molecular weight is 321 g/mol. The molecule has 0 spiro atoms. The Morgan fingerprint density at radius 1 is 1.12 bits per heavy atom. The Labute approximate surface area is 137 Å². The van der Waals surface area contributed by atoms with Crippen LogP contribution in [-0.4, -0.2) is 18.5 Å². The van der Waals surface area contributed by atoms with Crippen molar-refractivity contribution in [1.82, 2.24) is 0 Å². The number of nitrogens with zero attached hydrogens (tertiary/aromatic N) is 2. The van der Waals surface area contributed by atoms with Crippen LogP contribution < -0.4 is 19.2 Å². The SMILES string of the molecule is CCOc1cccc(N2C(=O)c3c[nH+]c4ccccc4[n+]3C2=O)c1. The Kier molecular flexibility index (Phi) is 3.23. The molecule has 1 N–H and O–H groups in total. The number of fused-ring (bicyclic) bond motifs is 3. The van der Waals surface area contributed by atoms with Gasteiger partial charge in [0.25, 0.3) is 11.2 Å². The summed E-state index contributed by atoms with van der Waals surface area (Å²) in [5.74, 6) is 0.253.